The fourth-order valence-electron chi connectivity index (χ4n) is 1.92. The molecule has 0 aromatic heterocycles. The Morgan fingerprint density at radius 2 is 1.94 bits per heavy atom. The molecule has 0 amide bonds. The molecule has 0 aromatic carbocycles. The summed E-state index contributed by atoms with van der Waals surface area (Å²) >= 11 is 0. The van der Waals surface area contributed by atoms with Crippen LogP contribution in [-0.2, 0) is 23.7 Å². The molecule has 0 saturated carbocycles. The van der Waals surface area contributed by atoms with Gasteiger partial charge in [-0.1, -0.05) is 0 Å². The fourth-order valence-corrected chi connectivity index (χ4v) is 1.92. The third-order valence-electron chi connectivity index (χ3n) is 2.93. The molecule has 2 aliphatic rings. The molecule has 3 atom stereocenters. The molecule has 2 rings (SSSR count). The zero-order valence-electron chi connectivity index (χ0n) is 9.82. The maximum absolute atomic E-state index is 12.1. The average Bonchev–Trinajstić information content (AvgIpc) is 2.73. The average molecular weight is 270 g/mol. The Labute approximate surface area is 101 Å². The SMILES string of the molecule is CC(C)(OC(=O)C(F)(F)F)C1C[C@H]2OCO[C@H]2O1. The number of halogens is 3. The van der Waals surface area contributed by atoms with E-state index in [1.807, 2.05) is 0 Å². The molecule has 2 fully saturated rings. The van der Waals surface area contributed by atoms with Crippen LogP contribution in [0.3, 0.4) is 0 Å². The number of ether oxygens (including phenoxy) is 4. The van der Waals surface area contributed by atoms with E-state index in [9.17, 15) is 18.0 Å². The Bertz CT molecular complexity index is 329. The van der Waals surface area contributed by atoms with Crippen molar-refractivity contribution in [3.8, 4) is 0 Å². The number of alkyl halides is 3. The van der Waals surface area contributed by atoms with Gasteiger partial charge in [0, 0.05) is 6.42 Å². The second kappa shape index (κ2) is 4.36. The van der Waals surface area contributed by atoms with Crippen LogP contribution >= 0.6 is 0 Å². The van der Waals surface area contributed by atoms with E-state index in [1.165, 1.54) is 13.8 Å². The molecule has 1 unspecified atom stereocenters. The Morgan fingerprint density at radius 3 is 2.50 bits per heavy atom. The minimum atomic E-state index is -5.02. The van der Waals surface area contributed by atoms with Gasteiger partial charge in [0.05, 0.1) is 0 Å². The minimum Gasteiger partial charge on any atom is -0.450 e. The van der Waals surface area contributed by atoms with Gasteiger partial charge in [-0.05, 0) is 13.8 Å². The first-order valence-corrected chi connectivity index (χ1v) is 5.39. The molecule has 0 bridgehead atoms. The topological polar surface area (TPSA) is 54.0 Å². The summed E-state index contributed by atoms with van der Waals surface area (Å²) in [5.41, 5.74) is -1.40. The Hall–Kier alpha value is -0.860. The molecule has 5 nitrogen and oxygen atoms in total. The highest BCUT2D eigenvalue weighted by molar-refractivity contribution is 5.76. The predicted molar refractivity (Wildman–Crippen MR) is 50.3 cm³/mol. The first kappa shape index (κ1) is 13.6. The predicted octanol–water partition coefficient (Wildman–Crippen LogP) is 1.36. The van der Waals surface area contributed by atoms with Crippen molar-refractivity contribution in [3.05, 3.63) is 0 Å². The van der Waals surface area contributed by atoms with Crippen LogP contribution < -0.4 is 0 Å². The van der Waals surface area contributed by atoms with Crippen LogP contribution in [0.25, 0.3) is 0 Å². The molecule has 8 heteroatoms. The van der Waals surface area contributed by atoms with Crippen molar-refractivity contribution in [3.63, 3.8) is 0 Å². The number of carbonyl (C=O) groups excluding carboxylic acids is 1. The maximum Gasteiger partial charge on any atom is 0.490 e. The Kier molecular flexibility index (Phi) is 3.28. The highest BCUT2D eigenvalue weighted by atomic mass is 19.4. The summed E-state index contributed by atoms with van der Waals surface area (Å²) in [6.45, 7) is 2.83. The summed E-state index contributed by atoms with van der Waals surface area (Å²) in [5, 5.41) is 0. The van der Waals surface area contributed by atoms with E-state index in [-0.39, 0.29) is 12.9 Å². The van der Waals surface area contributed by atoms with Crippen LogP contribution in [0.15, 0.2) is 0 Å². The van der Waals surface area contributed by atoms with Crippen LogP contribution in [0.1, 0.15) is 20.3 Å². The van der Waals surface area contributed by atoms with Crippen molar-refractivity contribution in [1.82, 2.24) is 0 Å². The van der Waals surface area contributed by atoms with E-state index in [0.717, 1.165) is 0 Å². The number of esters is 1. The van der Waals surface area contributed by atoms with Crippen LogP contribution in [-0.4, -0.2) is 43.0 Å². The van der Waals surface area contributed by atoms with E-state index >= 15 is 0 Å². The van der Waals surface area contributed by atoms with Gasteiger partial charge in [-0.2, -0.15) is 13.2 Å². The third kappa shape index (κ3) is 2.60. The lowest BCUT2D eigenvalue weighted by atomic mass is 9.98. The molecular weight excluding hydrogens is 257 g/mol. The van der Waals surface area contributed by atoms with Crippen molar-refractivity contribution in [2.45, 2.75) is 50.5 Å². The highest BCUT2D eigenvalue weighted by Gasteiger charge is 2.51. The molecule has 2 aliphatic heterocycles. The summed E-state index contributed by atoms with van der Waals surface area (Å²) in [5.74, 6) is -2.23. The van der Waals surface area contributed by atoms with Gasteiger partial charge in [-0.3, -0.25) is 0 Å². The van der Waals surface area contributed by atoms with E-state index < -0.39 is 30.1 Å². The van der Waals surface area contributed by atoms with Crippen molar-refractivity contribution in [2.24, 2.45) is 0 Å². The number of hydrogen-bond donors (Lipinski definition) is 0. The van der Waals surface area contributed by atoms with Crippen molar-refractivity contribution < 1.29 is 36.9 Å². The quantitative estimate of drug-likeness (QED) is 0.709. The molecule has 0 aliphatic carbocycles. The highest BCUT2D eigenvalue weighted by Crippen LogP contribution is 2.36. The Morgan fingerprint density at radius 1 is 1.28 bits per heavy atom. The van der Waals surface area contributed by atoms with Crippen LogP contribution in [0.4, 0.5) is 13.2 Å². The number of fused-ring (bicyclic) bond motifs is 1. The number of hydrogen-bond acceptors (Lipinski definition) is 5. The van der Waals surface area contributed by atoms with Gasteiger partial charge in [-0.15, -0.1) is 0 Å². The molecule has 0 spiro atoms. The van der Waals surface area contributed by atoms with Gasteiger partial charge in [0.2, 0.25) is 0 Å². The van der Waals surface area contributed by atoms with E-state index in [1.54, 1.807) is 0 Å². The van der Waals surface area contributed by atoms with Gasteiger partial charge in [0.25, 0.3) is 0 Å². The lowest BCUT2D eigenvalue weighted by Gasteiger charge is -2.31. The molecule has 2 saturated heterocycles. The lowest BCUT2D eigenvalue weighted by Crippen LogP contribution is -2.44. The summed E-state index contributed by atoms with van der Waals surface area (Å²) < 4.78 is 56.5. The van der Waals surface area contributed by atoms with E-state index in [2.05, 4.69) is 4.74 Å². The lowest BCUT2D eigenvalue weighted by molar-refractivity contribution is -0.227. The third-order valence-corrected chi connectivity index (χ3v) is 2.93. The zero-order chi connectivity index (χ0) is 13.6. The fraction of sp³-hybridized carbons (Fsp3) is 0.900. The van der Waals surface area contributed by atoms with Gasteiger partial charge >= 0.3 is 12.1 Å². The maximum atomic E-state index is 12.1. The van der Waals surface area contributed by atoms with Crippen molar-refractivity contribution >= 4 is 5.97 Å². The normalized spacial score (nSPS) is 32.4. The molecule has 0 radical (unpaired) electrons. The molecule has 2 heterocycles. The molecular formula is C10H13F3O5. The van der Waals surface area contributed by atoms with Gasteiger partial charge in [0.1, 0.15) is 17.8 Å². The molecule has 104 valence electrons. The summed E-state index contributed by atoms with van der Waals surface area (Å²) in [6, 6.07) is 0. The van der Waals surface area contributed by atoms with Crippen LogP contribution in [0.5, 0.6) is 0 Å². The zero-order valence-corrected chi connectivity index (χ0v) is 9.82. The van der Waals surface area contributed by atoms with Crippen LogP contribution in [0, 0.1) is 0 Å². The molecule has 0 aromatic rings. The smallest absolute Gasteiger partial charge is 0.450 e. The number of rotatable bonds is 2. The summed E-state index contributed by atoms with van der Waals surface area (Å²) in [4.78, 5) is 10.8. The first-order valence-electron chi connectivity index (χ1n) is 5.39. The minimum absolute atomic E-state index is 0.102. The molecule has 18 heavy (non-hydrogen) atoms. The second-order valence-electron chi connectivity index (χ2n) is 4.71. The van der Waals surface area contributed by atoms with Crippen molar-refractivity contribution in [1.29, 1.82) is 0 Å². The second-order valence-corrected chi connectivity index (χ2v) is 4.71. The summed E-state index contributed by atoms with van der Waals surface area (Å²) in [7, 11) is 0. The van der Waals surface area contributed by atoms with Gasteiger partial charge in [-0.25, -0.2) is 4.79 Å². The van der Waals surface area contributed by atoms with E-state index in [0.29, 0.717) is 6.42 Å². The molecule has 0 N–H and O–H groups in total. The number of carbonyl (C=O) groups is 1. The standard InChI is InChI=1S/C10H13F3O5/c1-9(2,18-8(14)10(11,12)13)6-3-5-7(17-6)16-4-15-5/h5-7H,3-4H2,1-2H3/t5-,6?,7+/m1/s1. The van der Waals surface area contributed by atoms with E-state index in [4.69, 9.17) is 14.2 Å². The van der Waals surface area contributed by atoms with Gasteiger partial charge in [0.15, 0.2) is 13.1 Å². The summed E-state index contributed by atoms with van der Waals surface area (Å²) in [6.07, 6.45) is -6.31. The first-order chi connectivity index (χ1) is 8.20. The van der Waals surface area contributed by atoms with Crippen LogP contribution in [0.2, 0.25) is 0 Å². The largest absolute Gasteiger partial charge is 0.490 e. The van der Waals surface area contributed by atoms with Crippen molar-refractivity contribution in [2.75, 3.05) is 6.79 Å². The monoisotopic (exact) mass is 270 g/mol. The van der Waals surface area contributed by atoms with Gasteiger partial charge < -0.3 is 18.9 Å². The Balaban J connectivity index is 1.97.